The summed E-state index contributed by atoms with van der Waals surface area (Å²) in [5.74, 6) is 1.40. The van der Waals surface area contributed by atoms with E-state index in [1.54, 1.807) is 4.57 Å². The Kier molecular flexibility index (Phi) is 6.52. The number of rotatable bonds is 11. The number of nitrogens with zero attached hydrogens (tertiary/aromatic N) is 6. The molecule has 4 atom stereocenters. The van der Waals surface area contributed by atoms with Crippen molar-refractivity contribution in [1.82, 2.24) is 29.7 Å². The van der Waals surface area contributed by atoms with Crippen molar-refractivity contribution in [2.75, 3.05) is 5.32 Å². The number of hydrogen-bond acceptors (Lipinski definition) is 12. The summed E-state index contributed by atoms with van der Waals surface area (Å²) in [5.41, 5.74) is 0.803. The number of fused-ring (bicyclic) bond motifs is 1. The standard InChI is InChI=1S/C21H24ClN7O6/c1-3-11(4-2)24-17-12-18(27-21(22)26-17)29(7-23-12)20-15(33-9-31)13(32-8-30)14(34-20)19-25-16(28-35-19)10-5-6-10/h7-11,13-15,20H,3-6H2,1-2H3,(H,24,26,27)/t13-,14+,15-,20-/m1/s1. The molecule has 14 heteroatoms. The van der Waals surface area contributed by atoms with E-state index >= 15 is 0 Å². The van der Waals surface area contributed by atoms with Crippen molar-refractivity contribution in [3.63, 3.8) is 0 Å². The van der Waals surface area contributed by atoms with E-state index in [1.807, 2.05) is 0 Å². The van der Waals surface area contributed by atoms with Gasteiger partial charge in [0.25, 0.3) is 18.8 Å². The SMILES string of the molecule is CCC(CC)Nc1nc(Cl)nc2c1ncn2[C@@H]1O[C@H](c2nc(C3CC3)no2)[C@@H](OC=O)[C@H]1OC=O. The summed E-state index contributed by atoms with van der Waals surface area (Å²) in [7, 11) is 0. The molecule has 1 N–H and O–H groups in total. The minimum absolute atomic E-state index is 0.00165. The molecule has 0 aromatic carbocycles. The fraction of sp³-hybridized carbons (Fsp3) is 0.571. The van der Waals surface area contributed by atoms with Gasteiger partial charge in [0.2, 0.25) is 5.28 Å². The number of imidazole rings is 1. The molecule has 0 bridgehead atoms. The lowest BCUT2D eigenvalue weighted by atomic mass is 10.1. The zero-order valence-corrected chi connectivity index (χ0v) is 19.8. The molecule has 5 rings (SSSR count). The van der Waals surface area contributed by atoms with Gasteiger partial charge in [-0.15, -0.1) is 0 Å². The largest absolute Gasteiger partial charge is 0.457 e. The lowest BCUT2D eigenvalue weighted by Crippen LogP contribution is -2.34. The van der Waals surface area contributed by atoms with Gasteiger partial charge >= 0.3 is 0 Å². The first kappa shape index (κ1) is 23.4. The van der Waals surface area contributed by atoms with Crippen molar-refractivity contribution >= 4 is 41.5 Å². The van der Waals surface area contributed by atoms with Gasteiger partial charge in [0.15, 0.2) is 47.3 Å². The maximum absolute atomic E-state index is 11.4. The Morgan fingerprint density at radius 1 is 1.17 bits per heavy atom. The number of hydrogen-bond donors (Lipinski definition) is 1. The van der Waals surface area contributed by atoms with Gasteiger partial charge in [-0.2, -0.15) is 15.0 Å². The molecule has 0 unspecified atom stereocenters. The molecule has 186 valence electrons. The van der Waals surface area contributed by atoms with Crippen LogP contribution in [0.1, 0.15) is 69.5 Å². The fourth-order valence-corrected chi connectivity index (χ4v) is 4.38. The summed E-state index contributed by atoms with van der Waals surface area (Å²) >= 11 is 6.23. The molecule has 1 aliphatic carbocycles. The summed E-state index contributed by atoms with van der Waals surface area (Å²) in [4.78, 5) is 40.2. The van der Waals surface area contributed by atoms with Crippen molar-refractivity contribution in [2.24, 2.45) is 0 Å². The third kappa shape index (κ3) is 4.41. The van der Waals surface area contributed by atoms with Gasteiger partial charge in [-0.1, -0.05) is 19.0 Å². The van der Waals surface area contributed by atoms with Gasteiger partial charge < -0.3 is 24.1 Å². The molecular formula is C21H24ClN7O6. The summed E-state index contributed by atoms with van der Waals surface area (Å²) in [6, 6.07) is 0.163. The molecule has 2 aliphatic rings. The highest BCUT2D eigenvalue weighted by molar-refractivity contribution is 6.28. The summed E-state index contributed by atoms with van der Waals surface area (Å²) in [6.45, 7) is 4.64. The highest BCUT2D eigenvalue weighted by atomic mass is 35.5. The Hall–Kier alpha value is -3.32. The lowest BCUT2D eigenvalue weighted by molar-refractivity contribution is -0.151. The third-order valence-electron chi connectivity index (χ3n) is 6.25. The van der Waals surface area contributed by atoms with Gasteiger partial charge in [-0.05, 0) is 37.3 Å². The number of ether oxygens (including phenoxy) is 3. The van der Waals surface area contributed by atoms with Gasteiger partial charge in [-0.25, -0.2) is 4.98 Å². The molecule has 3 aromatic heterocycles. The smallest absolute Gasteiger partial charge is 0.293 e. The van der Waals surface area contributed by atoms with E-state index in [9.17, 15) is 9.59 Å². The third-order valence-corrected chi connectivity index (χ3v) is 6.42. The van der Waals surface area contributed by atoms with Crippen LogP contribution >= 0.6 is 11.6 Å². The van der Waals surface area contributed by atoms with E-state index in [4.69, 9.17) is 30.3 Å². The van der Waals surface area contributed by atoms with Crippen molar-refractivity contribution in [3.05, 3.63) is 23.3 Å². The van der Waals surface area contributed by atoms with E-state index in [0.717, 1.165) is 25.7 Å². The summed E-state index contributed by atoms with van der Waals surface area (Å²) in [6.07, 6.45) is 1.12. The van der Waals surface area contributed by atoms with E-state index in [-0.39, 0.29) is 36.1 Å². The van der Waals surface area contributed by atoms with Gasteiger partial charge in [0, 0.05) is 12.0 Å². The minimum atomic E-state index is -1.06. The number of carbonyl (C=O) groups is 2. The van der Waals surface area contributed by atoms with Crippen LogP contribution in [0, 0.1) is 0 Å². The summed E-state index contributed by atoms with van der Waals surface area (Å²) in [5, 5.41) is 7.35. The maximum atomic E-state index is 11.4. The Morgan fingerprint density at radius 3 is 2.60 bits per heavy atom. The first-order valence-corrected chi connectivity index (χ1v) is 11.8. The zero-order valence-electron chi connectivity index (χ0n) is 19.0. The molecule has 1 saturated heterocycles. The van der Waals surface area contributed by atoms with Crippen LogP contribution in [-0.4, -0.2) is 60.9 Å². The molecule has 1 aliphatic heterocycles. The van der Waals surface area contributed by atoms with E-state index in [0.29, 0.717) is 22.8 Å². The van der Waals surface area contributed by atoms with Crippen LogP contribution < -0.4 is 5.32 Å². The number of halogens is 1. The van der Waals surface area contributed by atoms with Crippen LogP contribution in [0.2, 0.25) is 5.28 Å². The topological polar surface area (TPSA) is 156 Å². The number of anilines is 1. The van der Waals surface area contributed by atoms with Crippen LogP contribution in [0.5, 0.6) is 0 Å². The maximum Gasteiger partial charge on any atom is 0.293 e. The van der Waals surface area contributed by atoms with Crippen molar-refractivity contribution < 1.29 is 28.3 Å². The molecule has 0 radical (unpaired) electrons. The second-order valence-corrected chi connectivity index (χ2v) is 8.77. The Bertz CT molecular complexity index is 1210. The van der Waals surface area contributed by atoms with Crippen LogP contribution in [0.25, 0.3) is 11.2 Å². The monoisotopic (exact) mass is 505 g/mol. The molecule has 4 heterocycles. The zero-order chi connectivity index (χ0) is 24.5. The van der Waals surface area contributed by atoms with Crippen LogP contribution in [0.3, 0.4) is 0 Å². The molecule has 0 amide bonds. The molecule has 0 spiro atoms. The second-order valence-electron chi connectivity index (χ2n) is 8.43. The number of carbonyl (C=O) groups excluding carboxylic acids is 2. The average molecular weight is 506 g/mol. The molecule has 2 fully saturated rings. The summed E-state index contributed by atoms with van der Waals surface area (Å²) < 4.78 is 23.7. The Balaban J connectivity index is 1.53. The fourth-order valence-electron chi connectivity index (χ4n) is 4.22. The minimum Gasteiger partial charge on any atom is -0.457 e. The molecule has 35 heavy (non-hydrogen) atoms. The van der Waals surface area contributed by atoms with Crippen LogP contribution in [-0.2, 0) is 23.8 Å². The highest BCUT2D eigenvalue weighted by Crippen LogP contribution is 2.44. The number of aromatic nitrogens is 6. The van der Waals surface area contributed by atoms with Gasteiger partial charge in [0.1, 0.15) is 0 Å². The van der Waals surface area contributed by atoms with Crippen molar-refractivity contribution in [2.45, 2.75) is 76.0 Å². The van der Waals surface area contributed by atoms with E-state index < -0.39 is 24.5 Å². The lowest BCUT2D eigenvalue weighted by Gasteiger charge is -2.21. The molecule has 3 aromatic rings. The highest BCUT2D eigenvalue weighted by Gasteiger charge is 2.52. The molecule has 13 nitrogen and oxygen atoms in total. The average Bonchev–Trinajstić information content (AvgIpc) is 3.27. The Morgan fingerprint density at radius 2 is 1.91 bits per heavy atom. The quantitative estimate of drug-likeness (QED) is 0.300. The van der Waals surface area contributed by atoms with E-state index in [1.165, 1.54) is 6.33 Å². The normalized spacial score (nSPS) is 24.1. The van der Waals surface area contributed by atoms with Gasteiger partial charge in [0.05, 0.1) is 6.33 Å². The first-order chi connectivity index (χ1) is 17.1. The van der Waals surface area contributed by atoms with Crippen molar-refractivity contribution in [3.8, 4) is 0 Å². The Labute approximate surface area is 204 Å². The first-order valence-electron chi connectivity index (χ1n) is 11.4. The molecular weight excluding hydrogens is 482 g/mol. The van der Waals surface area contributed by atoms with Crippen LogP contribution in [0.4, 0.5) is 5.82 Å². The second kappa shape index (κ2) is 9.74. The number of nitrogens with one attached hydrogen (secondary N) is 1. The predicted molar refractivity (Wildman–Crippen MR) is 119 cm³/mol. The predicted octanol–water partition coefficient (Wildman–Crippen LogP) is 2.69. The van der Waals surface area contributed by atoms with E-state index in [2.05, 4.69) is 44.3 Å². The molecule has 1 saturated carbocycles. The van der Waals surface area contributed by atoms with Crippen LogP contribution in [0.15, 0.2) is 10.9 Å². The van der Waals surface area contributed by atoms with Gasteiger partial charge in [-0.3, -0.25) is 14.2 Å². The van der Waals surface area contributed by atoms with Crippen molar-refractivity contribution in [1.29, 1.82) is 0 Å².